The summed E-state index contributed by atoms with van der Waals surface area (Å²) in [6, 6.07) is 9.33. The number of aliphatic hydroxyl groups excluding tert-OH is 1. The van der Waals surface area contributed by atoms with Gasteiger partial charge in [0.05, 0.1) is 11.5 Å². The molecule has 2 rings (SSSR count). The van der Waals surface area contributed by atoms with Crippen molar-refractivity contribution in [3.8, 4) is 5.75 Å². The highest BCUT2D eigenvalue weighted by atomic mass is 32.2. The molecule has 5 nitrogen and oxygen atoms in total. The van der Waals surface area contributed by atoms with Gasteiger partial charge < -0.3 is 15.2 Å². The molecule has 1 fully saturated rings. The molecule has 112 valence electrons. The predicted molar refractivity (Wildman–Crippen MR) is 77.6 cm³/mol. The van der Waals surface area contributed by atoms with E-state index < -0.39 is 15.9 Å². The molecule has 2 N–H and O–H groups in total. The average molecular weight is 299 g/mol. The van der Waals surface area contributed by atoms with Crippen LogP contribution in [0, 0.1) is 5.92 Å². The largest absolute Gasteiger partial charge is 0.491 e. The van der Waals surface area contributed by atoms with Gasteiger partial charge in [0, 0.05) is 6.54 Å². The van der Waals surface area contributed by atoms with Gasteiger partial charge in [0.25, 0.3) is 0 Å². The molecule has 0 amide bonds. The smallest absolute Gasteiger partial charge is 0.150 e. The zero-order valence-corrected chi connectivity index (χ0v) is 12.2. The van der Waals surface area contributed by atoms with Crippen molar-refractivity contribution in [3.05, 3.63) is 30.3 Å². The van der Waals surface area contributed by atoms with E-state index in [-0.39, 0.29) is 18.3 Å². The number of rotatable bonds is 7. The Balaban J connectivity index is 1.60. The molecule has 2 unspecified atom stereocenters. The van der Waals surface area contributed by atoms with E-state index >= 15 is 0 Å². The molecule has 0 saturated carbocycles. The monoisotopic (exact) mass is 299 g/mol. The molecule has 0 radical (unpaired) electrons. The molecule has 1 aromatic carbocycles. The summed E-state index contributed by atoms with van der Waals surface area (Å²) in [5, 5.41) is 12.9. The summed E-state index contributed by atoms with van der Waals surface area (Å²) in [7, 11) is -2.82. The van der Waals surface area contributed by atoms with Crippen molar-refractivity contribution >= 4 is 9.84 Å². The zero-order chi connectivity index (χ0) is 14.4. The molecule has 1 saturated heterocycles. The van der Waals surface area contributed by atoms with Gasteiger partial charge in [-0.05, 0) is 31.0 Å². The molecule has 20 heavy (non-hydrogen) atoms. The van der Waals surface area contributed by atoms with Crippen LogP contribution in [-0.2, 0) is 9.84 Å². The maximum atomic E-state index is 11.3. The third-order valence-electron chi connectivity index (χ3n) is 3.33. The van der Waals surface area contributed by atoms with E-state index in [1.807, 2.05) is 30.3 Å². The van der Waals surface area contributed by atoms with Crippen LogP contribution >= 0.6 is 0 Å². The van der Waals surface area contributed by atoms with Gasteiger partial charge in [-0.1, -0.05) is 18.2 Å². The van der Waals surface area contributed by atoms with Gasteiger partial charge in [-0.15, -0.1) is 0 Å². The topological polar surface area (TPSA) is 75.6 Å². The van der Waals surface area contributed by atoms with Crippen LogP contribution in [0.3, 0.4) is 0 Å². The minimum atomic E-state index is -2.82. The Morgan fingerprint density at radius 1 is 1.35 bits per heavy atom. The summed E-state index contributed by atoms with van der Waals surface area (Å²) >= 11 is 0. The van der Waals surface area contributed by atoms with Gasteiger partial charge in [-0.3, -0.25) is 0 Å². The molecular formula is C14H21NO4S. The van der Waals surface area contributed by atoms with Crippen LogP contribution in [0.2, 0.25) is 0 Å². The number of hydrogen-bond acceptors (Lipinski definition) is 5. The standard InChI is InChI=1S/C14H21NO4S/c16-13(10-19-14-4-2-1-3-5-14)9-15-8-12-6-7-20(17,18)11-12/h1-5,12-13,15-16H,6-11H2. The minimum absolute atomic E-state index is 0.169. The summed E-state index contributed by atoms with van der Waals surface area (Å²) in [6.45, 7) is 1.25. The van der Waals surface area contributed by atoms with E-state index in [1.54, 1.807) is 0 Å². The lowest BCUT2D eigenvalue weighted by molar-refractivity contribution is 0.106. The maximum absolute atomic E-state index is 11.3. The van der Waals surface area contributed by atoms with E-state index in [0.717, 1.165) is 5.75 Å². The fourth-order valence-corrected chi connectivity index (χ4v) is 4.12. The second-order valence-electron chi connectivity index (χ2n) is 5.21. The predicted octanol–water partition coefficient (Wildman–Crippen LogP) is 0.451. The molecule has 1 aliphatic heterocycles. The molecule has 0 aromatic heterocycles. The van der Waals surface area contributed by atoms with Crippen molar-refractivity contribution < 1.29 is 18.3 Å². The Morgan fingerprint density at radius 3 is 2.75 bits per heavy atom. The van der Waals surface area contributed by atoms with E-state index in [9.17, 15) is 13.5 Å². The van der Waals surface area contributed by atoms with Crippen molar-refractivity contribution in [3.63, 3.8) is 0 Å². The molecule has 0 spiro atoms. The molecule has 1 aromatic rings. The highest BCUT2D eigenvalue weighted by molar-refractivity contribution is 7.91. The van der Waals surface area contributed by atoms with Crippen molar-refractivity contribution in [2.24, 2.45) is 5.92 Å². The quantitative estimate of drug-likeness (QED) is 0.764. The van der Waals surface area contributed by atoms with Crippen LogP contribution in [0.1, 0.15) is 6.42 Å². The van der Waals surface area contributed by atoms with E-state index in [1.165, 1.54) is 0 Å². The summed E-state index contributed by atoms with van der Waals surface area (Å²) in [5.41, 5.74) is 0. The third-order valence-corrected chi connectivity index (χ3v) is 5.16. The van der Waals surface area contributed by atoms with Crippen LogP contribution in [0.4, 0.5) is 0 Å². The Kier molecular flexibility index (Phi) is 5.39. The lowest BCUT2D eigenvalue weighted by atomic mass is 10.1. The first-order valence-corrected chi connectivity index (χ1v) is 8.64. The number of para-hydroxylation sites is 1. The third kappa shape index (κ3) is 5.11. The summed E-state index contributed by atoms with van der Waals surface area (Å²) in [4.78, 5) is 0. The Labute approximate surface area is 119 Å². The molecular weight excluding hydrogens is 278 g/mol. The highest BCUT2D eigenvalue weighted by Crippen LogP contribution is 2.17. The summed E-state index contributed by atoms with van der Waals surface area (Å²) < 4.78 is 28.0. The Morgan fingerprint density at radius 2 is 2.10 bits per heavy atom. The van der Waals surface area contributed by atoms with Gasteiger partial charge in [0.15, 0.2) is 9.84 Å². The number of sulfone groups is 1. The van der Waals surface area contributed by atoms with Crippen molar-refractivity contribution in [2.45, 2.75) is 12.5 Å². The van der Waals surface area contributed by atoms with Gasteiger partial charge in [-0.25, -0.2) is 8.42 Å². The summed E-state index contributed by atoms with van der Waals surface area (Å²) in [5.74, 6) is 1.45. The molecule has 0 aliphatic carbocycles. The van der Waals surface area contributed by atoms with Crippen molar-refractivity contribution in [1.29, 1.82) is 0 Å². The maximum Gasteiger partial charge on any atom is 0.150 e. The van der Waals surface area contributed by atoms with Crippen molar-refractivity contribution in [1.82, 2.24) is 5.32 Å². The SMILES string of the molecule is O=S1(=O)CCC(CNCC(O)COc2ccccc2)C1. The number of aliphatic hydroxyl groups is 1. The fourth-order valence-electron chi connectivity index (χ4n) is 2.26. The first-order valence-electron chi connectivity index (χ1n) is 6.82. The summed E-state index contributed by atoms with van der Waals surface area (Å²) in [6.07, 6.45) is 0.111. The second kappa shape index (κ2) is 7.06. The highest BCUT2D eigenvalue weighted by Gasteiger charge is 2.27. The molecule has 1 heterocycles. The van der Waals surface area contributed by atoms with Crippen LogP contribution in [0.25, 0.3) is 0 Å². The lowest BCUT2D eigenvalue weighted by Gasteiger charge is -2.15. The average Bonchev–Trinajstić information content (AvgIpc) is 2.77. The Hall–Kier alpha value is -1.11. The van der Waals surface area contributed by atoms with Crippen LogP contribution in [0.5, 0.6) is 5.75 Å². The molecule has 6 heteroatoms. The molecule has 1 aliphatic rings. The zero-order valence-electron chi connectivity index (χ0n) is 11.4. The lowest BCUT2D eigenvalue weighted by Crippen LogP contribution is -2.34. The van der Waals surface area contributed by atoms with Gasteiger partial charge in [-0.2, -0.15) is 0 Å². The van der Waals surface area contributed by atoms with Crippen LogP contribution in [-0.4, -0.2) is 50.8 Å². The molecule has 2 atom stereocenters. The fraction of sp³-hybridized carbons (Fsp3) is 0.571. The van der Waals surface area contributed by atoms with E-state index in [2.05, 4.69) is 5.32 Å². The van der Waals surface area contributed by atoms with E-state index in [0.29, 0.717) is 25.3 Å². The normalized spacial score (nSPS) is 22.6. The van der Waals surface area contributed by atoms with Gasteiger partial charge >= 0.3 is 0 Å². The van der Waals surface area contributed by atoms with Gasteiger partial charge in [0.1, 0.15) is 18.5 Å². The van der Waals surface area contributed by atoms with E-state index in [4.69, 9.17) is 4.74 Å². The Bertz CT molecular complexity index is 503. The second-order valence-corrected chi connectivity index (χ2v) is 7.43. The number of benzene rings is 1. The first kappa shape index (κ1) is 15.3. The van der Waals surface area contributed by atoms with Crippen molar-refractivity contribution in [2.75, 3.05) is 31.2 Å². The first-order chi connectivity index (χ1) is 9.55. The number of ether oxygens (including phenoxy) is 1. The number of hydrogen-bond donors (Lipinski definition) is 2. The van der Waals surface area contributed by atoms with Crippen LogP contribution in [0.15, 0.2) is 30.3 Å². The number of nitrogens with one attached hydrogen (secondary N) is 1. The molecule has 0 bridgehead atoms. The van der Waals surface area contributed by atoms with Gasteiger partial charge in [0.2, 0.25) is 0 Å². The van der Waals surface area contributed by atoms with Crippen LogP contribution < -0.4 is 10.1 Å². The minimum Gasteiger partial charge on any atom is -0.491 e.